The van der Waals surface area contributed by atoms with Crippen molar-refractivity contribution in [2.75, 3.05) is 5.32 Å². The number of fused-ring (bicyclic) bond motifs is 2. The van der Waals surface area contributed by atoms with Crippen molar-refractivity contribution in [1.82, 2.24) is 14.5 Å². The van der Waals surface area contributed by atoms with Crippen LogP contribution in [-0.2, 0) is 29.3 Å². The van der Waals surface area contributed by atoms with E-state index >= 15 is 0 Å². The molecule has 1 aromatic heterocycles. The van der Waals surface area contributed by atoms with Crippen molar-refractivity contribution in [2.24, 2.45) is 0 Å². The number of hydrogen-bond acceptors (Lipinski definition) is 5. The number of nitrogens with zero attached hydrogens (tertiary/aromatic N) is 2. The molecule has 2 aliphatic carbocycles. The fourth-order valence-corrected chi connectivity index (χ4v) is 4.74. The molecule has 0 atom stereocenters. The van der Waals surface area contributed by atoms with Crippen LogP contribution in [0.2, 0.25) is 0 Å². The van der Waals surface area contributed by atoms with Gasteiger partial charge in [-0.15, -0.1) is 0 Å². The second-order valence-corrected chi connectivity index (χ2v) is 9.12. The zero-order valence-corrected chi connectivity index (χ0v) is 20.7. The predicted molar refractivity (Wildman–Crippen MR) is 109 cm³/mol. The molecule has 0 fully saturated rings. The first-order valence-corrected chi connectivity index (χ1v) is 10.8. The van der Waals surface area contributed by atoms with E-state index in [2.05, 4.69) is 16.5 Å². The molecular weight excluding hydrogens is 419 g/mol. The van der Waals surface area contributed by atoms with E-state index in [9.17, 15) is 18.0 Å². The van der Waals surface area contributed by atoms with Crippen LogP contribution in [0.25, 0.3) is 0 Å². The first kappa shape index (κ1) is 22.6. The zero-order chi connectivity index (χ0) is 20.1. The van der Waals surface area contributed by atoms with Crippen molar-refractivity contribution >= 4 is 78.9 Å². The molecule has 1 heterocycles. The summed E-state index contributed by atoms with van der Waals surface area (Å²) in [6.07, 6.45) is 5.23. The molecular formula is C19H22KN4O4S. The Morgan fingerprint density at radius 1 is 1.17 bits per heavy atom. The minimum atomic E-state index is -4.11. The van der Waals surface area contributed by atoms with Gasteiger partial charge in [0.05, 0.1) is 5.69 Å². The van der Waals surface area contributed by atoms with Gasteiger partial charge in [-0.3, -0.25) is 9.48 Å². The number of aryl methyl sites for hydroxylation is 2. The van der Waals surface area contributed by atoms with Crippen molar-refractivity contribution < 1.29 is 18.0 Å². The maximum absolute atomic E-state index is 12.5. The van der Waals surface area contributed by atoms with E-state index in [1.807, 2.05) is 18.6 Å². The van der Waals surface area contributed by atoms with Gasteiger partial charge in [-0.05, 0) is 62.3 Å². The van der Waals surface area contributed by atoms with Gasteiger partial charge in [0, 0.05) is 75.6 Å². The Morgan fingerprint density at radius 2 is 1.93 bits per heavy atom. The number of nitrogens with one attached hydrogen (secondary N) is 2. The number of carbonyl (C=O) groups is 2. The molecule has 0 saturated heterocycles. The molecule has 0 spiro atoms. The smallest absolute Gasteiger partial charge is 0.306 e. The van der Waals surface area contributed by atoms with Crippen LogP contribution in [0.15, 0.2) is 23.4 Å². The Labute approximate surface area is 212 Å². The van der Waals surface area contributed by atoms with Gasteiger partial charge in [-0.2, -0.15) is 13.5 Å². The second kappa shape index (κ2) is 8.60. The summed E-state index contributed by atoms with van der Waals surface area (Å²) in [6, 6.07) is 2.51. The number of anilines is 1. The summed E-state index contributed by atoms with van der Waals surface area (Å²) in [6.45, 7) is 3.74. The summed E-state index contributed by atoms with van der Waals surface area (Å²) in [5, 5.41) is 6.42. The average molecular weight is 442 g/mol. The third kappa shape index (κ3) is 4.37. The monoisotopic (exact) mass is 441 g/mol. The first-order chi connectivity index (χ1) is 13.3. The molecule has 0 saturated carbocycles. The van der Waals surface area contributed by atoms with E-state index in [1.54, 1.807) is 6.20 Å². The molecule has 10 heteroatoms. The number of urea groups is 1. The number of rotatable bonds is 4. The summed E-state index contributed by atoms with van der Waals surface area (Å²) in [5.74, 6) is -0.0152. The molecule has 2 N–H and O–H groups in total. The zero-order valence-electron chi connectivity index (χ0n) is 16.8. The summed E-state index contributed by atoms with van der Waals surface area (Å²) in [7, 11) is -4.11. The number of sulfonamides is 1. The van der Waals surface area contributed by atoms with Gasteiger partial charge in [0.1, 0.15) is 0 Å². The van der Waals surface area contributed by atoms with Gasteiger partial charge < -0.3 is 5.32 Å². The van der Waals surface area contributed by atoms with Crippen LogP contribution in [0, 0.1) is 0 Å². The minimum Gasteiger partial charge on any atom is -0.306 e. The number of hydrogen-bond donors (Lipinski definition) is 2. The minimum absolute atomic E-state index is 0. The number of ketones is 1. The molecule has 4 rings (SSSR count). The van der Waals surface area contributed by atoms with Crippen LogP contribution < -0.4 is 10.0 Å². The van der Waals surface area contributed by atoms with Crippen LogP contribution in [0.4, 0.5) is 10.5 Å². The van der Waals surface area contributed by atoms with E-state index in [1.165, 1.54) is 10.7 Å². The van der Waals surface area contributed by atoms with Gasteiger partial charge in [0.15, 0.2) is 10.8 Å². The number of amides is 2. The molecule has 149 valence electrons. The maximum atomic E-state index is 12.5. The van der Waals surface area contributed by atoms with Crippen molar-refractivity contribution in [3.8, 4) is 0 Å². The molecule has 2 amide bonds. The molecule has 0 aliphatic heterocycles. The molecule has 0 bridgehead atoms. The van der Waals surface area contributed by atoms with E-state index in [0.29, 0.717) is 24.1 Å². The summed E-state index contributed by atoms with van der Waals surface area (Å²) in [4.78, 5) is 24.8. The van der Waals surface area contributed by atoms with Crippen molar-refractivity contribution in [3.63, 3.8) is 0 Å². The Balaban J connectivity index is 0.00000240. The van der Waals surface area contributed by atoms with Crippen molar-refractivity contribution in [3.05, 3.63) is 40.6 Å². The molecule has 1 aromatic carbocycles. The molecule has 29 heavy (non-hydrogen) atoms. The average Bonchev–Trinajstić information content (AvgIpc) is 3.33. The van der Waals surface area contributed by atoms with Gasteiger partial charge >= 0.3 is 6.03 Å². The predicted octanol–water partition coefficient (Wildman–Crippen LogP) is 2.21. The molecule has 0 unspecified atom stereocenters. The summed E-state index contributed by atoms with van der Waals surface area (Å²) >= 11 is 0. The van der Waals surface area contributed by atoms with Crippen LogP contribution in [0.3, 0.4) is 0 Å². The standard InChI is InChI=1S/C19H22N4O4S.K/c1-11(2)23-9-8-16(21-23)28(26,27)22-19(25)20-18-14-5-3-4-12(14)10-13-6-7-15(24)17(13)18;/h8-11H,3-7H2,1-2H3,(H2,20,22,25);. The summed E-state index contributed by atoms with van der Waals surface area (Å²) < 4.78 is 28.5. The van der Waals surface area contributed by atoms with Gasteiger partial charge in [0.2, 0.25) is 0 Å². The van der Waals surface area contributed by atoms with Gasteiger partial charge in [0.25, 0.3) is 10.0 Å². The van der Waals surface area contributed by atoms with Crippen LogP contribution in [0.5, 0.6) is 0 Å². The van der Waals surface area contributed by atoms with E-state index in [4.69, 9.17) is 0 Å². The molecule has 1 radical (unpaired) electrons. The van der Waals surface area contributed by atoms with Crippen molar-refractivity contribution in [1.29, 1.82) is 0 Å². The second-order valence-electron chi connectivity index (χ2n) is 7.49. The molecule has 8 nitrogen and oxygen atoms in total. The number of carbonyl (C=O) groups excluding carboxylic acids is 2. The fourth-order valence-electron chi connectivity index (χ4n) is 3.90. The number of aromatic nitrogens is 2. The molecule has 2 aliphatic rings. The van der Waals surface area contributed by atoms with Gasteiger partial charge in [-0.1, -0.05) is 6.07 Å². The quantitative estimate of drug-likeness (QED) is 0.707. The third-order valence-electron chi connectivity index (χ3n) is 5.24. The fraction of sp³-hybridized carbons (Fsp3) is 0.421. The van der Waals surface area contributed by atoms with Crippen LogP contribution >= 0.6 is 0 Å². The van der Waals surface area contributed by atoms with E-state index in [-0.39, 0.29) is 68.2 Å². The summed E-state index contributed by atoms with van der Waals surface area (Å²) in [5.41, 5.74) is 3.98. The van der Waals surface area contributed by atoms with E-state index in [0.717, 1.165) is 36.0 Å². The maximum Gasteiger partial charge on any atom is 0.333 e. The normalized spacial score (nSPS) is 15.1. The molecule has 2 aromatic rings. The largest absolute Gasteiger partial charge is 0.333 e. The Bertz CT molecular complexity index is 1090. The van der Waals surface area contributed by atoms with Crippen LogP contribution in [0.1, 0.15) is 59.8 Å². The van der Waals surface area contributed by atoms with Crippen molar-refractivity contribution in [2.45, 2.75) is 57.0 Å². The van der Waals surface area contributed by atoms with Gasteiger partial charge in [-0.25, -0.2) is 9.52 Å². The topological polar surface area (TPSA) is 110 Å². The Kier molecular flexibility index (Phi) is 6.71. The SMILES string of the molecule is CC(C)n1ccc(S(=O)(=O)NC(=O)Nc2c3c(cc4c2C(=O)CC4)CCC3)n1.[K]. The Hall–Kier alpha value is -1.04. The third-order valence-corrected chi connectivity index (χ3v) is 6.46. The first-order valence-electron chi connectivity index (χ1n) is 9.36. The number of benzene rings is 1. The van der Waals surface area contributed by atoms with E-state index < -0.39 is 16.1 Å². The number of Topliss-reactive ketones (excluding diaryl/α,β-unsaturated/α-hetero) is 1. The Morgan fingerprint density at radius 3 is 2.62 bits per heavy atom. The van der Waals surface area contributed by atoms with Crippen LogP contribution in [-0.4, -0.2) is 81.4 Å².